The van der Waals surface area contributed by atoms with Crippen molar-refractivity contribution in [1.29, 1.82) is 0 Å². The topological polar surface area (TPSA) is 29.3 Å². The first kappa shape index (κ1) is 13.5. The highest BCUT2D eigenvalue weighted by molar-refractivity contribution is 5.04. The zero-order valence-corrected chi connectivity index (χ0v) is 11.1. The van der Waals surface area contributed by atoms with Crippen LogP contribution >= 0.6 is 0 Å². The third-order valence-corrected chi connectivity index (χ3v) is 4.09. The standard InChI is InChI=1S/C14H26N2/c1-4-6-10-13(15)14(3,5-2)16-11-8-7-9-12-16/h13H,5,7-12,15H2,1-3H3. The van der Waals surface area contributed by atoms with E-state index in [-0.39, 0.29) is 11.6 Å². The van der Waals surface area contributed by atoms with E-state index in [1.807, 2.05) is 6.92 Å². The zero-order chi connectivity index (χ0) is 12.0. The molecule has 0 amide bonds. The van der Waals surface area contributed by atoms with Crippen molar-refractivity contribution in [2.45, 2.75) is 64.5 Å². The van der Waals surface area contributed by atoms with Crippen molar-refractivity contribution in [2.24, 2.45) is 5.73 Å². The summed E-state index contributed by atoms with van der Waals surface area (Å²) in [5.41, 5.74) is 6.46. The first-order valence-corrected chi connectivity index (χ1v) is 6.55. The third kappa shape index (κ3) is 2.99. The summed E-state index contributed by atoms with van der Waals surface area (Å²) in [5, 5.41) is 0. The maximum Gasteiger partial charge on any atom is 0.0338 e. The van der Waals surface area contributed by atoms with E-state index in [1.54, 1.807) is 0 Å². The Morgan fingerprint density at radius 1 is 1.31 bits per heavy atom. The van der Waals surface area contributed by atoms with Crippen LogP contribution in [0.5, 0.6) is 0 Å². The molecule has 0 aromatic rings. The predicted octanol–water partition coefficient (Wildman–Crippen LogP) is 2.38. The lowest BCUT2D eigenvalue weighted by Crippen LogP contribution is -2.58. The smallest absolute Gasteiger partial charge is 0.0338 e. The van der Waals surface area contributed by atoms with Crippen molar-refractivity contribution in [2.75, 3.05) is 13.1 Å². The van der Waals surface area contributed by atoms with Gasteiger partial charge < -0.3 is 5.73 Å². The number of piperidine rings is 1. The Labute approximate surface area is 101 Å². The molecule has 2 N–H and O–H groups in total. The van der Waals surface area contributed by atoms with Gasteiger partial charge in [0, 0.05) is 18.0 Å². The van der Waals surface area contributed by atoms with E-state index in [0.29, 0.717) is 0 Å². The molecule has 0 aromatic carbocycles. The average molecular weight is 222 g/mol. The molecule has 2 heteroatoms. The van der Waals surface area contributed by atoms with Crippen LogP contribution in [0.4, 0.5) is 0 Å². The van der Waals surface area contributed by atoms with E-state index in [2.05, 4.69) is 30.6 Å². The van der Waals surface area contributed by atoms with Gasteiger partial charge in [0.15, 0.2) is 0 Å². The van der Waals surface area contributed by atoms with Crippen molar-refractivity contribution in [3.63, 3.8) is 0 Å². The molecular weight excluding hydrogens is 196 g/mol. The van der Waals surface area contributed by atoms with Crippen LogP contribution in [-0.2, 0) is 0 Å². The fourth-order valence-corrected chi connectivity index (χ4v) is 2.56. The maximum absolute atomic E-state index is 6.34. The normalized spacial score (nSPS) is 23.0. The van der Waals surface area contributed by atoms with Crippen LogP contribution in [0.1, 0.15) is 52.9 Å². The SMILES string of the molecule is CC#CCC(N)C(C)(CC)N1CCCCC1. The molecule has 1 saturated heterocycles. The van der Waals surface area contributed by atoms with Gasteiger partial charge in [-0.25, -0.2) is 0 Å². The summed E-state index contributed by atoms with van der Waals surface area (Å²) in [6, 6.07) is 0.169. The van der Waals surface area contributed by atoms with Crippen LogP contribution in [0.3, 0.4) is 0 Å². The molecule has 0 aromatic heterocycles. The van der Waals surface area contributed by atoms with Crippen LogP contribution in [0.15, 0.2) is 0 Å². The summed E-state index contributed by atoms with van der Waals surface area (Å²) in [6.45, 7) is 8.85. The molecule has 1 aliphatic heterocycles. The lowest BCUT2D eigenvalue weighted by molar-refractivity contribution is 0.0559. The first-order valence-electron chi connectivity index (χ1n) is 6.55. The van der Waals surface area contributed by atoms with Gasteiger partial charge in [0.1, 0.15) is 0 Å². The first-order chi connectivity index (χ1) is 7.65. The Balaban J connectivity index is 2.68. The molecule has 1 heterocycles. The van der Waals surface area contributed by atoms with E-state index in [9.17, 15) is 0 Å². The van der Waals surface area contributed by atoms with Gasteiger partial charge in [-0.15, -0.1) is 11.8 Å². The van der Waals surface area contributed by atoms with Gasteiger partial charge in [-0.1, -0.05) is 13.3 Å². The van der Waals surface area contributed by atoms with E-state index >= 15 is 0 Å². The summed E-state index contributed by atoms with van der Waals surface area (Å²) in [7, 11) is 0. The van der Waals surface area contributed by atoms with Crippen LogP contribution in [0, 0.1) is 11.8 Å². The number of hydrogen-bond donors (Lipinski definition) is 1. The predicted molar refractivity (Wildman–Crippen MR) is 70.2 cm³/mol. The minimum atomic E-state index is 0.129. The van der Waals surface area contributed by atoms with Crippen molar-refractivity contribution >= 4 is 0 Å². The molecule has 16 heavy (non-hydrogen) atoms. The van der Waals surface area contributed by atoms with E-state index < -0.39 is 0 Å². The Hall–Kier alpha value is -0.520. The summed E-state index contributed by atoms with van der Waals surface area (Å²) in [5.74, 6) is 6.07. The maximum atomic E-state index is 6.34. The molecule has 92 valence electrons. The highest BCUT2D eigenvalue weighted by Gasteiger charge is 2.36. The number of likely N-dealkylation sites (tertiary alicyclic amines) is 1. The molecule has 2 unspecified atom stereocenters. The second-order valence-electron chi connectivity index (χ2n) is 5.00. The number of nitrogens with zero attached hydrogens (tertiary/aromatic N) is 1. The molecule has 0 aliphatic carbocycles. The molecule has 1 rings (SSSR count). The summed E-state index contributed by atoms with van der Waals surface area (Å²) < 4.78 is 0. The zero-order valence-electron chi connectivity index (χ0n) is 11.1. The van der Waals surface area contributed by atoms with E-state index in [4.69, 9.17) is 5.73 Å². The van der Waals surface area contributed by atoms with Gasteiger partial charge >= 0.3 is 0 Å². The van der Waals surface area contributed by atoms with Crippen molar-refractivity contribution in [3.8, 4) is 11.8 Å². The second-order valence-corrected chi connectivity index (χ2v) is 5.00. The summed E-state index contributed by atoms with van der Waals surface area (Å²) >= 11 is 0. The Kier molecular flexibility index (Phi) is 5.31. The quantitative estimate of drug-likeness (QED) is 0.740. The van der Waals surface area contributed by atoms with Crippen LogP contribution in [-0.4, -0.2) is 29.6 Å². The Morgan fingerprint density at radius 3 is 2.44 bits per heavy atom. The Bertz CT molecular complexity index is 258. The van der Waals surface area contributed by atoms with Gasteiger partial charge in [0.05, 0.1) is 0 Å². The lowest BCUT2D eigenvalue weighted by atomic mass is 9.84. The van der Waals surface area contributed by atoms with Gasteiger partial charge in [-0.2, -0.15) is 0 Å². The number of hydrogen-bond acceptors (Lipinski definition) is 2. The monoisotopic (exact) mass is 222 g/mol. The third-order valence-electron chi connectivity index (χ3n) is 4.09. The minimum absolute atomic E-state index is 0.129. The molecule has 0 spiro atoms. The highest BCUT2D eigenvalue weighted by Crippen LogP contribution is 2.27. The Morgan fingerprint density at radius 2 is 1.94 bits per heavy atom. The molecule has 2 nitrogen and oxygen atoms in total. The molecule has 1 fully saturated rings. The average Bonchev–Trinajstić information content (AvgIpc) is 2.35. The lowest BCUT2D eigenvalue weighted by Gasteiger charge is -2.46. The van der Waals surface area contributed by atoms with Crippen LogP contribution < -0.4 is 5.73 Å². The van der Waals surface area contributed by atoms with E-state index in [1.165, 1.54) is 32.4 Å². The van der Waals surface area contributed by atoms with Gasteiger partial charge in [0.2, 0.25) is 0 Å². The van der Waals surface area contributed by atoms with Crippen molar-refractivity contribution in [3.05, 3.63) is 0 Å². The fraction of sp³-hybridized carbons (Fsp3) is 0.857. The number of rotatable bonds is 4. The van der Waals surface area contributed by atoms with Crippen molar-refractivity contribution < 1.29 is 0 Å². The minimum Gasteiger partial charge on any atom is -0.325 e. The molecule has 2 atom stereocenters. The van der Waals surface area contributed by atoms with Crippen LogP contribution in [0.25, 0.3) is 0 Å². The molecule has 0 saturated carbocycles. The van der Waals surface area contributed by atoms with Gasteiger partial charge in [-0.05, 0) is 46.2 Å². The molecule has 0 radical (unpaired) electrons. The van der Waals surface area contributed by atoms with Crippen LogP contribution in [0.2, 0.25) is 0 Å². The molecule has 1 aliphatic rings. The number of nitrogens with two attached hydrogens (primary N) is 1. The van der Waals surface area contributed by atoms with Gasteiger partial charge in [-0.3, -0.25) is 4.90 Å². The van der Waals surface area contributed by atoms with Crippen molar-refractivity contribution in [1.82, 2.24) is 4.90 Å². The summed E-state index contributed by atoms with van der Waals surface area (Å²) in [4.78, 5) is 2.58. The van der Waals surface area contributed by atoms with E-state index in [0.717, 1.165) is 12.8 Å². The molecule has 0 bridgehead atoms. The second kappa shape index (κ2) is 6.27. The molecular formula is C14H26N2. The highest BCUT2D eigenvalue weighted by atomic mass is 15.2. The van der Waals surface area contributed by atoms with Gasteiger partial charge in [0.25, 0.3) is 0 Å². The fourth-order valence-electron chi connectivity index (χ4n) is 2.56. The largest absolute Gasteiger partial charge is 0.325 e. The summed E-state index contributed by atoms with van der Waals surface area (Å²) in [6.07, 6.45) is 5.95.